The van der Waals surface area contributed by atoms with Gasteiger partial charge in [-0.1, -0.05) is 30.0 Å². The Morgan fingerprint density at radius 1 is 1.44 bits per heavy atom. The van der Waals surface area contributed by atoms with E-state index < -0.39 is 24.5 Å². The van der Waals surface area contributed by atoms with Crippen molar-refractivity contribution in [1.82, 2.24) is 4.90 Å². The molecule has 1 atom stereocenters. The van der Waals surface area contributed by atoms with Gasteiger partial charge in [0, 0.05) is 0 Å². The van der Waals surface area contributed by atoms with Crippen molar-refractivity contribution in [2.45, 2.75) is 13.0 Å². The van der Waals surface area contributed by atoms with Gasteiger partial charge in [0.05, 0.1) is 25.2 Å². The van der Waals surface area contributed by atoms with Gasteiger partial charge >= 0.3 is 5.97 Å². The van der Waals surface area contributed by atoms with Crippen molar-refractivity contribution in [3.05, 3.63) is 28.7 Å². The molecule has 1 aliphatic heterocycles. The molecule has 1 heterocycles. The predicted octanol–water partition coefficient (Wildman–Crippen LogP) is 1.74. The van der Waals surface area contributed by atoms with E-state index in [0.717, 1.165) is 16.7 Å². The quantitative estimate of drug-likeness (QED) is 0.543. The summed E-state index contributed by atoms with van der Waals surface area (Å²) in [5.74, 6) is -0.766. The van der Waals surface area contributed by atoms with E-state index in [1.165, 1.54) is 7.11 Å². The number of rotatable bonds is 7. The summed E-state index contributed by atoms with van der Waals surface area (Å²) in [5, 5.41) is 18.3. The zero-order valence-corrected chi connectivity index (χ0v) is 15.2. The number of methoxy groups -OCH3 is 1. The van der Waals surface area contributed by atoms with Crippen molar-refractivity contribution in [2.24, 2.45) is 0 Å². The normalized spacial score (nSPS) is 17.1. The molecular weight excluding hydrogens is 366 g/mol. The highest BCUT2D eigenvalue weighted by atomic mass is 32.2. The molecule has 0 spiro atoms. The standard InChI is InChI=1S/C16H17NO6S2/c1-3-23-11-5-4-9(6-12(11)22-2)7-13-14(19)17(16(24)25-13)10(8-18)15(20)21/h4-7,10,18H,3,8H2,1-2H3,(H,20,21). The zero-order valence-electron chi connectivity index (χ0n) is 13.6. The first-order valence-electron chi connectivity index (χ1n) is 7.34. The number of ether oxygens (including phenoxy) is 2. The van der Waals surface area contributed by atoms with Crippen molar-refractivity contribution in [3.8, 4) is 11.5 Å². The molecule has 2 N–H and O–H groups in total. The van der Waals surface area contributed by atoms with E-state index >= 15 is 0 Å². The lowest BCUT2D eigenvalue weighted by Crippen LogP contribution is -2.46. The summed E-state index contributed by atoms with van der Waals surface area (Å²) < 4.78 is 10.8. The Morgan fingerprint density at radius 3 is 2.72 bits per heavy atom. The van der Waals surface area contributed by atoms with Crippen LogP contribution in [0.1, 0.15) is 12.5 Å². The third kappa shape index (κ3) is 4.12. The third-order valence-electron chi connectivity index (χ3n) is 3.38. The van der Waals surface area contributed by atoms with Gasteiger partial charge in [-0.2, -0.15) is 0 Å². The predicted molar refractivity (Wildman–Crippen MR) is 97.7 cm³/mol. The van der Waals surface area contributed by atoms with Crippen LogP contribution in [0.15, 0.2) is 23.1 Å². The fourth-order valence-corrected chi connectivity index (χ4v) is 3.58. The van der Waals surface area contributed by atoms with Crippen LogP contribution in [0.2, 0.25) is 0 Å². The Morgan fingerprint density at radius 2 is 2.16 bits per heavy atom. The molecule has 0 aliphatic carbocycles. The molecule has 9 heteroatoms. The molecule has 1 saturated heterocycles. The van der Waals surface area contributed by atoms with Gasteiger partial charge in [-0.05, 0) is 30.7 Å². The Hall–Kier alpha value is -2.10. The van der Waals surface area contributed by atoms with E-state index in [0.29, 0.717) is 23.7 Å². The molecule has 1 aromatic carbocycles. The average molecular weight is 383 g/mol. The summed E-state index contributed by atoms with van der Waals surface area (Å²) in [7, 11) is 1.51. The highest BCUT2D eigenvalue weighted by Crippen LogP contribution is 2.35. The van der Waals surface area contributed by atoms with Crippen molar-refractivity contribution < 1.29 is 29.3 Å². The van der Waals surface area contributed by atoms with Crippen LogP contribution in [-0.4, -0.2) is 57.7 Å². The van der Waals surface area contributed by atoms with Crippen molar-refractivity contribution in [2.75, 3.05) is 20.3 Å². The molecule has 1 aliphatic rings. The number of hydrogen-bond acceptors (Lipinski definition) is 7. The maximum absolute atomic E-state index is 12.5. The number of aliphatic hydroxyl groups is 1. The third-order valence-corrected chi connectivity index (χ3v) is 4.71. The minimum atomic E-state index is -1.40. The molecule has 1 aromatic rings. The van der Waals surface area contributed by atoms with E-state index in [9.17, 15) is 14.7 Å². The monoisotopic (exact) mass is 383 g/mol. The lowest BCUT2D eigenvalue weighted by molar-refractivity contribution is -0.146. The number of nitrogens with zero attached hydrogens (tertiary/aromatic N) is 1. The number of amides is 1. The van der Waals surface area contributed by atoms with Crippen LogP contribution in [-0.2, 0) is 9.59 Å². The largest absolute Gasteiger partial charge is 0.493 e. The minimum Gasteiger partial charge on any atom is -0.493 e. The smallest absolute Gasteiger partial charge is 0.329 e. The van der Waals surface area contributed by atoms with Gasteiger partial charge in [-0.15, -0.1) is 0 Å². The molecule has 1 amide bonds. The minimum absolute atomic E-state index is 0.0931. The number of aliphatic hydroxyl groups excluding tert-OH is 1. The fraction of sp³-hybridized carbons (Fsp3) is 0.312. The van der Waals surface area contributed by atoms with Crippen LogP contribution in [0.5, 0.6) is 11.5 Å². The van der Waals surface area contributed by atoms with Crippen LogP contribution < -0.4 is 9.47 Å². The van der Waals surface area contributed by atoms with E-state index in [4.69, 9.17) is 26.8 Å². The molecule has 0 saturated carbocycles. The molecule has 134 valence electrons. The van der Waals surface area contributed by atoms with Gasteiger partial charge in [0.25, 0.3) is 5.91 Å². The molecule has 1 unspecified atom stereocenters. The molecule has 0 bridgehead atoms. The Labute approximate surface area is 154 Å². The number of carbonyl (C=O) groups is 2. The number of thioether (sulfide) groups is 1. The van der Waals surface area contributed by atoms with Crippen LogP contribution in [0.4, 0.5) is 0 Å². The summed E-state index contributed by atoms with van der Waals surface area (Å²) in [6, 6.07) is 3.79. The molecule has 0 radical (unpaired) electrons. The number of aliphatic carboxylic acids is 1. The first-order valence-corrected chi connectivity index (χ1v) is 8.57. The SMILES string of the molecule is CCOc1ccc(C=C2SC(=S)N(C(CO)C(=O)O)C2=O)cc1OC. The number of benzene rings is 1. The first kappa shape index (κ1) is 19.2. The first-order chi connectivity index (χ1) is 11.9. The highest BCUT2D eigenvalue weighted by Gasteiger charge is 2.40. The number of thiocarbonyl (C=S) groups is 1. The topological polar surface area (TPSA) is 96.3 Å². The van der Waals surface area contributed by atoms with Gasteiger partial charge in [0.2, 0.25) is 0 Å². The van der Waals surface area contributed by atoms with Gasteiger partial charge in [-0.3, -0.25) is 9.69 Å². The summed E-state index contributed by atoms with van der Waals surface area (Å²) in [6.07, 6.45) is 1.59. The second-order valence-electron chi connectivity index (χ2n) is 4.93. The number of carbonyl (C=O) groups excluding carboxylic acids is 1. The van der Waals surface area contributed by atoms with Crippen molar-refractivity contribution in [1.29, 1.82) is 0 Å². The number of hydrogen-bond donors (Lipinski definition) is 2. The van der Waals surface area contributed by atoms with Crippen LogP contribution in [0, 0.1) is 0 Å². The molecule has 2 rings (SSSR count). The number of carboxylic acid groups (broad SMARTS) is 1. The second kappa shape index (κ2) is 8.32. The van der Waals surface area contributed by atoms with Gasteiger partial charge in [0.1, 0.15) is 4.32 Å². The Kier molecular flexibility index (Phi) is 6.40. The van der Waals surface area contributed by atoms with E-state index in [-0.39, 0.29) is 9.23 Å². The number of carboxylic acids is 1. The Bertz CT molecular complexity index is 733. The lowest BCUT2D eigenvalue weighted by Gasteiger charge is -2.20. The summed E-state index contributed by atoms with van der Waals surface area (Å²) in [4.78, 5) is 24.8. The lowest BCUT2D eigenvalue weighted by atomic mass is 10.1. The second-order valence-corrected chi connectivity index (χ2v) is 6.61. The fourth-order valence-electron chi connectivity index (χ4n) is 2.22. The molecular formula is C16H17NO6S2. The average Bonchev–Trinajstić information content (AvgIpc) is 2.84. The molecule has 1 fully saturated rings. The van der Waals surface area contributed by atoms with E-state index in [1.807, 2.05) is 6.92 Å². The van der Waals surface area contributed by atoms with Crippen LogP contribution >= 0.6 is 24.0 Å². The highest BCUT2D eigenvalue weighted by molar-refractivity contribution is 8.26. The van der Waals surface area contributed by atoms with Crippen molar-refractivity contribution >= 4 is 46.3 Å². The van der Waals surface area contributed by atoms with E-state index in [2.05, 4.69) is 0 Å². The van der Waals surface area contributed by atoms with Gasteiger partial charge < -0.3 is 19.7 Å². The van der Waals surface area contributed by atoms with Crippen LogP contribution in [0.3, 0.4) is 0 Å². The maximum Gasteiger partial charge on any atom is 0.329 e. The van der Waals surface area contributed by atoms with Crippen molar-refractivity contribution in [3.63, 3.8) is 0 Å². The molecule has 25 heavy (non-hydrogen) atoms. The molecule has 0 aromatic heterocycles. The summed E-state index contributed by atoms with van der Waals surface area (Å²) in [5.41, 5.74) is 0.677. The zero-order chi connectivity index (χ0) is 18.6. The molecule has 7 nitrogen and oxygen atoms in total. The Balaban J connectivity index is 2.31. The van der Waals surface area contributed by atoms with E-state index in [1.54, 1.807) is 24.3 Å². The summed E-state index contributed by atoms with van der Waals surface area (Å²) in [6.45, 7) is 1.64. The van der Waals surface area contributed by atoms with Crippen LogP contribution in [0.25, 0.3) is 6.08 Å². The maximum atomic E-state index is 12.5. The summed E-state index contributed by atoms with van der Waals surface area (Å²) >= 11 is 6.07. The van der Waals surface area contributed by atoms with Gasteiger partial charge in [0.15, 0.2) is 17.5 Å². The van der Waals surface area contributed by atoms with Gasteiger partial charge in [-0.25, -0.2) is 4.79 Å².